The van der Waals surface area contributed by atoms with E-state index in [2.05, 4.69) is 58.5 Å². The van der Waals surface area contributed by atoms with Gasteiger partial charge in [-0.05, 0) is 93.5 Å². The van der Waals surface area contributed by atoms with Crippen molar-refractivity contribution < 1.29 is 4.79 Å². The minimum Gasteiger partial charge on any atom is -0.313 e. The molecule has 6 rings (SSSR count). The van der Waals surface area contributed by atoms with E-state index in [0.29, 0.717) is 18.6 Å². The fourth-order valence-electron chi connectivity index (χ4n) is 5.99. The highest BCUT2D eigenvalue weighted by molar-refractivity contribution is 8.00. The van der Waals surface area contributed by atoms with Crippen LogP contribution in [0.4, 0.5) is 0 Å². The molecule has 0 atom stereocenters. The van der Waals surface area contributed by atoms with Gasteiger partial charge < -0.3 is 4.57 Å². The molecule has 3 nitrogen and oxygen atoms in total. The van der Waals surface area contributed by atoms with Crippen LogP contribution in [0, 0.1) is 6.92 Å². The smallest absolute Gasteiger partial charge is 0.179 e. The van der Waals surface area contributed by atoms with Gasteiger partial charge in [-0.1, -0.05) is 23.7 Å². The van der Waals surface area contributed by atoms with Crippen molar-refractivity contribution in [1.82, 2.24) is 9.47 Å². The number of benzene rings is 2. The van der Waals surface area contributed by atoms with E-state index in [9.17, 15) is 4.79 Å². The molecule has 0 spiro atoms. The van der Waals surface area contributed by atoms with Gasteiger partial charge in [-0.15, -0.1) is 0 Å². The van der Waals surface area contributed by atoms with Crippen LogP contribution in [0.2, 0.25) is 5.02 Å². The number of carbonyl (C=O) groups excluding carboxylic acids is 1. The maximum Gasteiger partial charge on any atom is 0.179 e. The van der Waals surface area contributed by atoms with E-state index in [1.165, 1.54) is 49.8 Å². The summed E-state index contributed by atoms with van der Waals surface area (Å²) in [5.74, 6) is 1.43. The van der Waals surface area contributed by atoms with Crippen LogP contribution < -0.4 is 0 Å². The molecule has 0 amide bonds. The number of halogens is 1. The molecule has 33 heavy (non-hydrogen) atoms. The highest BCUT2D eigenvalue weighted by Gasteiger charge is 2.40. The number of carbonyl (C=O) groups is 1. The van der Waals surface area contributed by atoms with Crippen LogP contribution in [-0.2, 0) is 6.42 Å². The first-order chi connectivity index (χ1) is 16.1. The molecule has 172 valence electrons. The number of ketones is 1. The second kappa shape index (κ2) is 8.79. The fourth-order valence-corrected chi connectivity index (χ4v) is 7.27. The molecule has 0 N–H and O–H groups in total. The van der Waals surface area contributed by atoms with Gasteiger partial charge in [0.2, 0.25) is 0 Å². The Hall–Kier alpha value is -1.75. The van der Waals surface area contributed by atoms with Crippen molar-refractivity contribution in [3.05, 3.63) is 64.3 Å². The number of Topliss-reactive ketones (excluding diaryl/α,β-unsaturated/α-hetero) is 1. The van der Waals surface area contributed by atoms with Crippen LogP contribution in [0.1, 0.15) is 60.1 Å². The number of hydrogen-bond acceptors (Lipinski definition) is 3. The zero-order valence-corrected chi connectivity index (χ0v) is 20.8. The maximum absolute atomic E-state index is 13.7. The number of fused-ring (bicyclic) bond motifs is 3. The topological polar surface area (TPSA) is 25.2 Å². The Bertz CT molecular complexity index is 1180. The molecule has 5 heteroatoms. The van der Waals surface area contributed by atoms with Crippen molar-refractivity contribution in [1.29, 1.82) is 0 Å². The number of aryl methyl sites for hydroxylation is 1. The van der Waals surface area contributed by atoms with E-state index >= 15 is 0 Å². The Labute approximate surface area is 205 Å². The van der Waals surface area contributed by atoms with Crippen molar-refractivity contribution in [2.75, 3.05) is 12.3 Å². The largest absolute Gasteiger partial charge is 0.313 e. The lowest BCUT2D eigenvalue weighted by molar-refractivity contribution is 0.0919. The van der Waals surface area contributed by atoms with Crippen LogP contribution in [0.3, 0.4) is 0 Å². The van der Waals surface area contributed by atoms with Gasteiger partial charge in [0.1, 0.15) is 0 Å². The van der Waals surface area contributed by atoms with Crippen molar-refractivity contribution in [3.8, 4) is 5.69 Å². The zero-order chi connectivity index (χ0) is 22.5. The van der Waals surface area contributed by atoms with Gasteiger partial charge in [0.15, 0.2) is 5.78 Å². The Morgan fingerprint density at radius 2 is 1.70 bits per heavy atom. The molecular weight excluding hydrogens is 448 g/mol. The van der Waals surface area contributed by atoms with Crippen molar-refractivity contribution in [2.24, 2.45) is 0 Å². The summed E-state index contributed by atoms with van der Waals surface area (Å²) >= 11 is 8.28. The molecule has 3 heterocycles. The molecule has 0 radical (unpaired) electrons. The summed E-state index contributed by atoms with van der Waals surface area (Å²) in [6.07, 6.45) is 8.86. The molecule has 1 aromatic heterocycles. The van der Waals surface area contributed by atoms with E-state index in [1.54, 1.807) is 0 Å². The Morgan fingerprint density at radius 3 is 2.36 bits per heavy atom. The fraction of sp³-hybridized carbons (Fsp3) is 0.464. The first kappa shape index (κ1) is 21.8. The van der Waals surface area contributed by atoms with E-state index in [-0.39, 0.29) is 5.78 Å². The van der Waals surface area contributed by atoms with Gasteiger partial charge in [0.05, 0.1) is 12.1 Å². The molecule has 2 bridgehead atoms. The summed E-state index contributed by atoms with van der Waals surface area (Å²) in [5, 5.41) is 2.70. The van der Waals surface area contributed by atoms with Crippen LogP contribution in [0.15, 0.2) is 42.5 Å². The molecule has 3 aliphatic rings. The second-order valence-electron chi connectivity index (χ2n) is 10.0. The molecule has 0 unspecified atom stereocenters. The van der Waals surface area contributed by atoms with Gasteiger partial charge in [-0.3, -0.25) is 9.69 Å². The Kier molecular flexibility index (Phi) is 5.80. The number of nitrogens with zero attached hydrogens (tertiary/aromatic N) is 2. The van der Waals surface area contributed by atoms with E-state index in [0.717, 1.165) is 44.5 Å². The summed E-state index contributed by atoms with van der Waals surface area (Å²) in [5.41, 5.74) is 5.47. The molecular formula is C28H31ClN2OS. The summed E-state index contributed by atoms with van der Waals surface area (Å²) < 4.78 is 2.26. The standard InChI is InChI=1S/C28H31ClN2OS/c1-18-28(27(32)17-30-21-7-8-22(30)10-9-21)25-13-2-19(14-15-33-24-11-12-24)16-26(25)31(18)23-5-3-20(29)4-6-23/h2-6,13,16,21-22,24H,7-12,14-15,17H2,1H3. The monoisotopic (exact) mass is 478 g/mol. The minimum atomic E-state index is 0.265. The predicted molar refractivity (Wildman–Crippen MR) is 139 cm³/mol. The average Bonchev–Trinajstić information content (AvgIpc) is 3.38. The Balaban J connectivity index is 1.38. The minimum absolute atomic E-state index is 0.265. The van der Waals surface area contributed by atoms with Gasteiger partial charge in [-0.2, -0.15) is 11.8 Å². The molecule has 3 aromatic rings. The molecule has 1 aliphatic carbocycles. The normalized spacial score (nSPS) is 22.5. The third-order valence-electron chi connectivity index (χ3n) is 7.83. The third-order valence-corrected chi connectivity index (χ3v) is 9.47. The van der Waals surface area contributed by atoms with Crippen LogP contribution >= 0.6 is 23.4 Å². The molecule has 3 fully saturated rings. The average molecular weight is 479 g/mol. The van der Waals surface area contributed by atoms with Gasteiger partial charge in [0.25, 0.3) is 0 Å². The van der Waals surface area contributed by atoms with E-state index in [4.69, 9.17) is 11.6 Å². The molecule has 2 aliphatic heterocycles. The summed E-state index contributed by atoms with van der Waals surface area (Å²) in [6.45, 7) is 2.65. The summed E-state index contributed by atoms with van der Waals surface area (Å²) in [7, 11) is 0. The Morgan fingerprint density at radius 1 is 1.00 bits per heavy atom. The number of hydrogen-bond donors (Lipinski definition) is 0. The van der Waals surface area contributed by atoms with Crippen LogP contribution in [0.25, 0.3) is 16.6 Å². The lowest BCUT2D eigenvalue weighted by Gasteiger charge is -2.20. The van der Waals surface area contributed by atoms with Crippen molar-refractivity contribution in [3.63, 3.8) is 0 Å². The summed E-state index contributed by atoms with van der Waals surface area (Å²) in [6, 6.07) is 15.9. The lowest BCUT2D eigenvalue weighted by atomic mass is 10.0. The third kappa shape index (κ3) is 4.15. The SMILES string of the molecule is Cc1c(C(=O)CN2C3CCC2CC3)c2ccc(CCSC3CC3)cc2n1-c1ccc(Cl)cc1. The van der Waals surface area contributed by atoms with Crippen molar-refractivity contribution >= 4 is 40.0 Å². The molecule has 1 saturated carbocycles. The van der Waals surface area contributed by atoms with Gasteiger partial charge >= 0.3 is 0 Å². The predicted octanol–water partition coefficient (Wildman–Crippen LogP) is 6.84. The zero-order valence-electron chi connectivity index (χ0n) is 19.2. The van der Waals surface area contributed by atoms with Crippen molar-refractivity contribution in [2.45, 2.75) is 69.2 Å². The van der Waals surface area contributed by atoms with Gasteiger partial charge in [-0.25, -0.2) is 0 Å². The van der Waals surface area contributed by atoms with Gasteiger partial charge in [0, 0.05) is 44.7 Å². The number of thioether (sulfide) groups is 1. The maximum atomic E-state index is 13.7. The highest BCUT2D eigenvalue weighted by Crippen LogP contribution is 2.38. The van der Waals surface area contributed by atoms with E-state index < -0.39 is 0 Å². The first-order valence-corrected chi connectivity index (χ1v) is 13.8. The second-order valence-corrected chi connectivity index (χ2v) is 11.8. The number of aromatic nitrogens is 1. The lowest BCUT2D eigenvalue weighted by Crippen LogP contribution is -2.34. The summed E-state index contributed by atoms with van der Waals surface area (Å²) in [4.78, 5) is 16.2. The molecule has 2 saturated heterocycles. The number of rotatable bonds is 8. The first-order valence-electron chi connectivity index (χ1n) is 12.4. The van der Waals surface area contributed by atoms with Crippen LogP contribution in [0.5, 0.6) is 0 Å². The quantitative estimate of drug-likeness (QED) is 0.331. The highest BCUT2D eigenvalue weighted by atomic mass is 35.5. The molecule has 2 aromatic carbocycles. The van der Waals surface area contributed by atoms with E-state index in [1.807, 2.05) is 12.1 Å². The van der Waals surface area contributed by atoms with Crippen LogP contribution in [-0.4, -0.2) is 44.9 Å².